The van der Waals surface area contributed by atoms with Crippen molar-refractivity contribution in [3.63, 3.8) is 0 Å². The molecule has 0 aromatic heterocycles. The van der Waals surface area contributed by atoms with Crippen molar-refractivity contribution >= 4 is 18.0 Å². The molecule has 0 spiro atoms. The molecule has 20 heavy (non-hydrogen) atoms. The van der Waals surface area contributed by atoms with Gasteiger partial charge in [-0.1, -0.05) is 18.2 Å². The Hall–Kier alpha value is -2.17. The van der Waals surface area contributed by atoms with Gasteiger partial charge in [0.25, 0.3) is 0 Å². The van der Waals surface area contributed by atoms with Gasteiger partial charge in [-0.25, -0.2) is 4.39 Å². The van der Waals surface area contributed by atoms with Gasteiger partial charge in [0.1, 0.15) is 5.82 Å². The zero-order chi connectivity index (χ0) is 14.5. The van der Waals surface area contributed by atoms with E-state index in [-0.39, 0.29) is 23.7 Å². The highest BCUT2D eigenvalue weighted by Crippen LogP contribution is 2.25. The number of nitrogens with one attached hydrogen (secondary N) is 1. The second kappa shape index (κ2) is 6.32. The van der Waals surface area contributed by atoms with Gasteiger partial charge >= 0.3 is 5.97 Å². The maximum atomic E-state index is 13.3. The Morgan fingerprint density at radius 3 is 2.70 bits per heavy atom. The molecule has 2 unspecified atom stereocenters. The van der Waals surface area contributed by atoms with E-state index < -0.39 is 5.97 Å². The van der Waals surface area contributed by atoms with Crippen molar-refractivity contribution in [1.29, 1.82) is 0 Å². The van der Waals surface area contributed by atoms with Crippen LogP contribution < -0.4 is 5.32 Å². The lowest BCUT2D eigenvalue weighted by Crippen LogP contribution is -2.31. The van der Waals surface area contributed by atoms with E-state index in [0.717, 1.165) is 0 Å². The second-order valence-electron chi connectivity index (χ2n) is 4.91. The van der Waals surface area contributed by atoms with E-state index in [0.29, 0.717) is 24.8 Å². The molecular formula is C15H16FNO3. The van der Waals surface area contributed by atoms with Gasteiger partial charge in [-0.3, -0.25) is 9.59 Å². The van der Waals surface area contributed by atoms with Crippen LogP contribution >= 0.6 is 0 Å². The average molecular weight is 277 g/mol. The summed E-state index contributed by atoms with van der Waals surface area (Å²) in [5.41, 5.74) is 0.345. The van der Waals surface area contributed by atoms with Crippen molar-refractivity contribution < 1.29 is 19.1 Å². The van der Waals surface area contributed by atoms with E-state index in [9.17, 15) is 14.0 Å². The molecule has 1 saturated carbocycles. The third kappa shape index (κ3) is 3.66. The summed E-state index contributed by atoms with van der Waals surface area (Å²) in [7, 11) is 0. The number of carboxylic acids is 1. The first-order chi connectivity index (χ1) is 9.56. The Bertz CT molecular complexity index is 542. The molecule has 0 aliphatic heterocycles. The lowest BCUT2D eigenvalue weighted by atomic mass is 10.1. The summed E-state index contributed by atoms with van der Waals surface area (Å²) in [6.45, 7) is 0. The molecule has 2 N–H and O–H groups in total. The van der Waals surface area contributed by atoms with E-state index >= 15 is 0 Å². The first kappa shape index (κ1) is 14.2. The van der Waals surface area contributed by atoms with E-state index in [1.807, 2.05) is 0 Å². The number of hydrogen-bond acceptors (Lipinski definition) is 2. The summed E-state index contributed by atoms with van der Waals surface area (Å²) in [6, 6.07) is 6.06. The number of carbonyl (C=O) groups excluding carboxylic acids is 1. The third-order valence-electron chi connectivity index (χ3n) is 3.45. The van der Waals surface area contributed by atoms with E-state index in [1.54, 1.807) is 18.2 Å². The van der Waals surface area contributed by atoms with Gasteiger partial charge < -0.3 is 10.4 Å². The van der Waals surface area contributed by atoms with Crippen molar-refractivity contribution in [1.82, 2.24) is 5.32 Å². The molecule has 1 amide bonds. The van der Waals surface area contributed by atoms with Crippen molar-refractivity contribution in [3.8, 4) is 0 Å². The van der Waals surface area contributed by atoms with Crippen LogP contribution in [0.15, 0.2) is 30.3 Å². The minimum Gasteiger partial charge on any atom is -0.481 e. The quantitative estimate of drug-likeness (QED) is 0.829. The first-order valence-corrected chi connectivity index (χ1v) is 6.52. The van der Waals surface area contributed by atoms with Crippen LogP contribution in [-0.2, 0) is 9.59 Å². The van der Waals surface area contributed by atoms with Crippen LogP contribution in [0.2, 0.25) is 0 Å². The molecular weight excluding hydrogens is 261 g/mol. The first-order valence-electron chi connectivity index (χ1n) is 6.52. The van der Waals surface area contributed by atoms with Crippen LogP contribution in [0.25, 0.3) is 6.08 Å². The van der Waals surface area contributed by atoms with Crippen LogP contribution in [0.5, 0.6) is 0 Å². The van der Waals surface area contributed by atoms with Crippen molar-refractivity contribution in [3.05, 3.63) is 41.7 Å². The van der Waals surface area contributed by atoms with E-state index in [2.05, 4.69) is 5.32 Å². The summed E-state index contributed by atoms with van der Waals surface area (Å²) >= 11 is 0. The van der Waals surface area contributed by atoms with E-state index in [4.69, 9.17) is 5.11 Å². The van der Waals surface area contributed by atoms with Gasteiger partial charge in [-0.05, 0) is 31.4 Å². The minimum atomic E-state index is -0.816. The number of benzene rings is 1. The number of carboxylic acid groups (broad SMARTS) is 1. The predicted molar refractivity (Wildman–Crippen MR) is 72.3 cm³/mol. The largest absolute Gasteiger partial charge is 0.481 e. The summed E-state index contributed by atoms with van der Waals surface area (Å²) in [5.74, 6) is -1.91. The molecule has 0 saturated heterocycles. The van der Waals surface area contributed by atoms with Gasteiger partial charge in [-0.15, -0.1) is 0 Å². The highest BCUT2D eigenvalue weighted by molar-refractivity contribution is 5.92. The van der Waals surface area contributed by atoms with Crippen molar-refractivity contribution in [2.75, 3.05) is 0 Å². The van der Waals surface area contributed by atoms with Crippen LogP contribution in [0.1, 0.15) is 24.8 Å². The Morgan fingerprint density at radius 2 is 2.05 bits per heavy atom. The standard InChI is InChI=1S/C15H16FNO3/c16-13-4-2-1-3-10(13)6-8-14(18)17-12-7-5-11(9-12)15(19)20/h1-4,6,8,11-12H,5,7,9H2,(H,17,18)(H,19,20). The van der Waals surface area contributed by atoms with Gasteiger partial charge in [0.05, 0.1) is 5.92 Å². The van der Waals surface area contributed by atoms with Gasteiger partial charge in [0.15, 0.2) is 0 Å². The van der Waals surface area contributed by atoms with Crippen LogP contribution in [0, 0.1) is 11.7 Å². The predicted octanol–water partition coefficient (Wildman–Crippen LogP) is 2.21. The smallest absolute Gasteiger partial charge is 0.306 e. The molecule has 2 atom stereocenters. The molecule has 1 fully saturated rings. The molecule has 1 aliphatic rings. The topological polar surface area (TPSA) is 66.4 Å². The number of aliphatic carboxylic acids is 1. The summed E-state index contributed by atoms with van der Waals surface area (Å²) in [4.78, 5) is 22.5. The number of halogens is 1. The van der Waals surface area contributed by atoms with Crippen molar-refractivity contribution in [2.24, 2.45) is 5.92 Å². The number of amides is 1. The third-order valence-corrected chi connectivity index (χ3v) is 3.45. The number of rotatable bonds is 4. The molecule has 0 radical (unpaired) electrons. The molecule has 106 valence electrons. The number of hydrogen-bond donors (Lipinski definition) is 2. The lowest BCUT2D eigenvalue weighted by Gasteiger charge is -2.10. The Kier molecular flexibility index (Phi) is 4.50. The molecule has 0 heterocycles. The molecule has 5 heteroatoms. The zero-order valence-corrected chi connectivity index (χ0v) is 10.9. The second-order valence-corrected chi connectivity index (χ2v) is 4.91. The fourth-order valence-electron chi connectivity index (χ4n) is 2.36. The maximum Gasteiger partial charge on any atom is 0.306 e. The average Bonchev–Trinajstić information content (AvgIpc) is 2.86. The molecule has 4 nitrogen and oxygen atoms in total. The Balaban J connectivity index is 1.87. The molecule has 1 aliphatic carbocycles. The molecule has 1 aromatic carbocycles. The Morgan fingerprint density at radius 1 is 1.30 bits per heavy atom. The molecule has 1 aromatic rings. The fraction of sp³-hybridized carbons (Fsp3) is 0.333. The lowest BCUT2D eigenvalue weighted by molar-refractivity contribution is -0.141. The van der Waals surface area contributed by atoms with E-state index in [1.165, 1.54) is 18.2 Å². The molecule has 0 bridgehead atoms. The monoisotopic (exact) mass is 277 g/mol. The Labute approximate surface area is 116 Å². The van der Waals surface area contributed by atoms with Gasteiger partial charge in [-0.2, -0.15) is 0 Å². The van der Waals surface area contributed by atoms with Crippen LogP contribution in [0.4, 0.5) is 4.39 Å². The normalized spacial score (nSPS) is 22.1. The summed E-state index contributed by atoms with van der Waals surface area (Å²) in [6.07, 6.45) is 4.38. The SMILES string of the molecule is O=C(C=Cc1ccccc1F)NC1CCC(C(=O)O)C1. The van der Waals surface area contributed by atoms with Gasteiger partial charge in [0.2, 0.25) is 5.91 Å². The van der Waals surface area contributed by atoms with Gasteiger partial charge in [0, 0.05) is 17.7 Å². The summed E-state index contributed by atoms with van der Waals surface area (Å²) in [5, 5.41) is 11.6. The van der Waals surface area contributed by atoms with Crippen LogP contribution in [0.3, 0.4) is 0 Å². The zero-order valence-electron chi connectivity index (χ0n) is 10.9. The minimum absolute atomic E-state index is 0.117. The highest BCUT2D eigenvalue weighted by atomic mass is 19.1. The van der Waals surface area contributed by atoms with Crippen LogP contribution in [-0.4, -0.2) is 23.0 Å². The summed E-state index contributed by atoms with van der Waals surface area (Å²) < 4.78 is 13.3. The number of carbonyl (C=O) groups is 2. The fourth-order valence-corrected chi connectivity index (χ4v) is 2.36. The van der Waals surface area contributed by atoms with Crippen molar-refractivity contribution in [2.45, 2.75) is 25.3 Å². The highest BCUT2D eigenvalue weighted by Gasteiger charge is 2.30. The maximum absolute atomic E-state index is 13.3. The molecule has 2 rings (SSSR count).